The van der Waals surface area contributed by atoms with Gasteiger partial charge in [0.15, 0.2) is 0 Å². The molecular formula is C8H11N3O2. The minimum atomic E-state index is -0.622. The summed E-state index contributed by atoms with van der Waals surface area (Å²) in [7, 11) is 0. The first-order valence-corrected chi connectivity index (χ1v) is 4.01. The van der Waals surface area contributed by atoms with Gasteiger partial charge in [-0.1, -0.05) is 0 Å². The topological polar surface area (TPSA) is 86.5 Å². The standard InChI is InChI=1S/C8H11N3O2/c1-2-13-8(12)7(11-10)5-3-4-6-9/h2-5H2,1H3. The third kappa shape index (κ3) is 4.72. The number of carbonyl (C=O) groups excluding carboxylic acids is 1. The van der Waals surface area contributed by atoms with Gasteiger partial charge in [-0.2, -0.15) is 10.1 Å². The Morgan fingerprint density at radius 2 is 2.38 bits per heavy atom. The lowest BCUT2D eigenvalue weighted by molar-refractivity contribution is -0.140. The number of nitriles is 1. The van der Waals surface area contributed by atoms with Crippen molar-refractivity contribution in [2.45, 2.75) is 26.2 Å². The van der Waals surface area contributed by atoms with Crippen molar-refractivity contribution in [1.29, 1.82) is 5.26 Å². The number of rotatable bonds is 5. The van der Waals surface area contributed by atoms with E-state index in [1.54, 1.807) is 6.92 Å². The number of nitrogens with zero attached hydrogens (tertiary/aromatic N) is 3. The molecule has 0 spiro atoms. The van der Waals surface area contributed by atoms with Crippen LogP contribution in [0.3, 0.4) is 0 Å². The first-order chi connectivity index (χ1) is 6.26. The van der Waals surface area contributed by atoms with Gasteiger partial charge in [0.2, 0.25) is 0 Å². The second kappa shape index (κ2) is 7.01. The molecule has 0 amide bonds. The van der Waals surface area contributed by atoms with Crippen molar-refractivity contribution in [2.24, 2.45) is 0 Å². The lowest BCUT2D eigenvalue weighted by atomic mass is 10.2. The lowest BCUT2D eigenvalue weighted by Gasteiger charge is -1.95. The minimum absolute atomic E-state index is 0.0305. The molecule has 0 fully saturated rings. The summed E-state index contributed by atoms with van der Waals surface area (Å²) in [5.74, 6) is -0.622. The van der Waals surface area contributed by atoms with Crippen LogP contribution in [0.5, 0.6) is 0 Å². The normalized spacial score (nSPS) is 8.31. The van der Waals surface area contributed by atoms with E-state index in [1.807, 2.05) is 6.07 Å². The van der Waals surface area contributed by atoms with Crippen molar-refractivity contribution in [3.63, 3.8) is 0 Å². The Hall–Kier alpha value is -1.66. The lowest BCUT2D eigenvalue weighted by Crippen LogP contribution is -2.18. The second-order valence-corrected chi connectivity index (χ2v) is 2.28. The molecule has 13 heavy (non-hydrogen) atoms. The highest BCUT2D eigenvalue weighted by molar-refractivity contribution is 6.33. The van der Waals surface area contributed by atoms with Gasteiger partial charge in [0.05, 0.1) is 19.1 Å². The molecule has 0 bridgehead atoms. The summed E-state index contributed by atoms with van der Waals surface area (Å²) in [6.07, 6.45) is 1.09. The van der Waals surface area contributed by atoms with E-state index in [4.69, 9.17) is 10.8 Å². The van der Waals surface area contributed by atoms with Crippen molar-refractivity contribution >= 4 is 11.7 Å². The number of hydrogen-bond donors (Lipinski definition) is 0. The van der Waals surface area contributed by atoms with Gasteiger partial charge in [-0.05, 0) is 13.3 Å². The number of ether oxygens (including phenoxy) is 1. The van der Waals surface area contributed by atoms with Crippen LogP contribution in [0.1, 0.15) is 26.2 Å². The quantitative estimate of drug-likeness (QED) is 0.208. The Labute approximate surface area is 76.5 Å². The van der Waals surface area contributed by atoms with E-state index < -0.39 is 5.97 Å². The molecule has 5 nitrogen and oxygen atoms in total. The molecule has 0 unspecified atom stereocenters. The molecule has 0 atom stereocenters. The van der Waals surface area contributed by atoms with Gasteiger partial charge in [0.25, 0.3) is 0 Å². The summed E-state index contributed by atoms with van der Waals surface area (Å²) in [4.78, 5) is 13.8. The van der Waals surface area contributed by atoms with Gasteiger partial charge in [-0.3, -0.25) is 0 Å². The van der Waals surface area contributed by atoms with Crippen molar-refractivity contribution in [3.8, 4) is 6.07 Å². The van der Waals surface area contributed by atoms with Gasteiger partial charge in [0.1, 0.15) is 0 Å². The second-order valence-electron chi connectivity index (χ2n) is 2.28. The summed E-state index contributed by atoms with van der Waals surface area (Å²) in [6.45, 7) is 1.91. The van der Waals surface area contributed by atoms with E-state index in [-0.39, 0.29) is 18.7 Å². The summed E-state index contributed by atoms with van der Waals surface area (Å²) in [5, 5.41) is 8.23. The Balaban J connectivity index is 3.99. The maximum absolute atomic E-state index is 11.0. The molecule has 0 aromatic rings. The minimum Gasteiger partial charge on any atom is -0.457 e. The van der Waals surface area contributed by atoms with Crippen LogP contribution in [0, 0.1) is 11.3 Å². The molecular weight excluding hydrogens is 170 g/mol. The van der Waals surface area contributed by atoms with Crippen LogP contribution in [0.2, 0.25) is 0 Å². The van der Waals surface area contributed by atoms with E-state index in [1.165, 1.54) is 0 Å². The summed E-state index contributed by atoms with van der Waals surface area (Å²) in [6, 6.07) is 1.93. The Kier molecular flexibility index (Phi) is 6.12. The third-order valence-corrected chi connectivity index (χ3v) is 1.33. The first kappa shape index (κ1) is 11.3. The van der Waals surface area contributed by atoms with Crippen molar-refractivity contribution < 1.29 is 14.3 Å². The van der Waals surface area contributed by atoms with Gasteiger partial charge < -0.3 is 10.3 Å². The maximum atomic E-state index is 11.0. The van der Waals surface area contributed by atoms with E-state index in [2.05, 4.69) is 9.53 Å². The van der Waals surface area contributed by atoms with Crippen LogP contribution < -0.4 is 0 Å². The monoisotopic (exact) mass is 181 g/mol. The zero-order valence-electron chi connectivity index (χ0n) is 7.49. The summed E-state index contributed by atoms with van der Waals surface area (Å²) < 4.78 is 4.61. The van der Waals surface area contributed by atoms with E-state index in [9.17, 15) is 4.79 Å². The Morgan fingerprint density at radius 1 is 1.69 bits per heavy atom. The Morgan fingerprint density at radius 3 is 2.85 bits per heavy atom. The molecule has 0 aromatic carbocycles. The van der Waals surface area contributed by atoms with Crippen LogP contribution >= 0.6 is 0 Å². The Bertz CT molecular complexity index is 261. The molecule has 70 valence electrons. The zero-order valence-corrected chi connectivity index (χ0v) is 7.49. The molecule has 0 saturated carbocycles. The third-order valence-electron chi connectivity index (χ3n) is 1.33. The fourth-order valence-corrected chi connectivity index (χ4v) is 0.742. The fraction of sp³-hybridized carbons (Fsp3) is 0.625. The molecule has 0 aliphatic rings. The van der Waals surface area contributed by atoms with Crippen LogP contribution in [0.25, 0.3) is 5.53 Å². The maximum Gasteiger partial charge on any atom is 0.416 e. The van der Waals surface area contributed by atoms with E-state index in [0.29, 0.717) is 12.8 Å². The van der Waals surface area contributed by atoms with Crippen molar-refractivity contribution in [2.75, 3.05) is 6.61 Å². The highest BCUT2D eigenvalue weighted by atomic mass is 16.5. The smallest absolute Gasteiger partial charge is 0.416 e. The largest absolute Gasteiger partial charge is 0.457 e. The number of esters is 1. The molecule has 0 aliphatic heterocycles. The van der Waals surface area contributed by atoms with E-state index >= 15 is 0 Å². The zero-order chi connectivity index (χ0) is 10.1. The number of carbonyl (C=O) groups is 1. The van der Waals surface area contributed by atoms with Crippen LogP contribution in [-0.4, -0.2) is 23.1 Å². The van der Waals surface area contributed by atoms with Gasteiger partial charge in [-0.15, -0.1) is 0 Å². The van der Waals surface area contributed by atoms with Gasteiger partial charge in [0, 0.05) is 6.42 Å². The molecule has 0 N–H and O–H groups in total. The molecule has 5 heteroatoms. The van der Waals surface area contributed by atoms with Crippen LogP contribution in [-0.2, 0) is 9.53 Å². The first-order valence-electron chi connectivity index (χ1n) is 4.01. The van der Waals surface area contributed by atoms with Crippen molar-refractivity contribution in [1.82, 2.24) is 0 Å². The molecule has 0 aromatic heterocycles. The highest BCUT2D eigenvalue weighted by Gasteiger charge is 2.20. The molecule has 0 radical (unpaired) electrons. The van der Waals surface area contributed by atoms with E-state index in [0.717, 1.165) is 0 Å². The van der Waals surface area contributed by atoms with Crippen LogP contribution in [0.4, 0.5) is 0 Å². The highest BCUT2D eigenvalue weighted by Crippen LogP contribution is 1.96. The average Bonchev–Trinajstić information content (AvgIpc) is 2.13. The molecule has 0 heterocycles. The van der Waals surface area contributed by atoms with Crippen molar-refractivity contribution in [3.05, 3.63) is 5.53 Å². The number of hydrogen-bond acceptors (Lipinski definition) is 3. The van der Waals surface area contributed by atoms with Gasteiger partial charge in [-0.25, -0.2) is 4.79 Å². The van der Waals surface area contributed by atoms with Crippen LogP contribution in [0.15, 0.2) is 0 Å². The fourth-order valence-electron chi connectivity index (χ4n) is 0.742. The number of unbranched alkanes of at least 4 members (excludes halogenated alkanes) is 1. The predicted octanol–water partition coefficient (Wildman–Crippen LogP) is 0.914. The molecule has 0 saturated heterocycles. The average molecular weight is 181 g/mol. The molecule has 0 aliphatic carbocycles. The predicted molar refractivity (Wildman–Crippen MR) is 44.7 cm³/mol. The summed E-state index contributed by atoms with van der Waals surface area (Å²) >= 11 is 0. The van der Waals surface area contributed by atoms with Gasteiger partial charge >= 0.3 is 11.7 Å². The summed E-state index contributed by atoms with van der Waals surface area (Å²) in [5.41, 5.74) is 8.40. The SMILES string of the molecule is CCOC(=O)C(CCCC#N)=[N+]=[N-]. The molecule has 0 rings (SSSR count).